The molecule has 2 aromatic carbocycles. The van der Waals surface area contributed by atoms with Gasteiger partial charge in [0.1, 0.15) is 5.75 Å². The Bertz CT molecular complexity index is 819. The van der Waals surface area contributed by atoms with Crippen LogP contribution in [0.15, 0.2) is 48.7 Å². The lowest BCUT2D eigenvalue weighted by molar-refractivity contribution is 0.0697. The second-order valence-electron chi connectivity index (χ2n) is 4.69. The van der Waals surface area contributed by atoms with Crippen LogP contribution in [-0.4, -0.2) is 22.8 Å². The highest BCUT2D eigenvalue weighted by atomic mass is 16.5. The number of methoxy groups -OCH3 is 1. The van der Waals surface area contributed by atoms with E-state index in [1.165, 1.54) is 0 Å². The molecule has 0 aliphatic carbocycles. The minimum Gasteiger partial charge on any atom is -0.497 e. The summed E-state index contributed by atoms with van der Waals surface area (Å²) in [6.07, 6.45) is 1.82. The Morgan fingerprint density at radius 3 is 2.52 bits per heavy atom. The van der Waals surface area contributed by atoms with Crippen LogP contribution < -0.4 is 10.5 Å². The van der Waals surface area contributed by atoms with Gasteiger partial charge in [-0.1, -0.05) is 0 Å². The SMILES string of the molecule is COc1ccc2c(N)cn(-c3ccc(C(=O)O)cc3)c2c1. The second-order valence-corrected chi connectivity index (χ2v) is 4.69. The maximum Gasteiger partial charge on any atom is 0.335 e. The predicted molar refractivity (Wildman–Crippen MR) is 81.2 cm³/mol. The van der Waals surface area contributed by atoms with E-state index in [9.17, 15) is 4.79 Å². The zero-order chi connectivity index (χ0) is 15.0. The van der Waals surface area contributed by atoms with Crippen LogP contribution in [-0.2, 0) is 0 Å². The van der Waals surface area contributed by atoms with Crippen LogP contribution in [0.5, 0.6) is 5.75 Å². The Labute approximate surface area is 121 Å². The molecule has 5 heteroatoms. The fourth-order valence-electron chi connectivity index (χ4n) is 2.34. The highest BCUT2D eigenvalue weighted by Gasteiger charge is 2.10. The molecule has 0 radical (unpaired) electrons. The van der Waals surface area contributed by atoms with E-state index in [4.69, 9.17) is 15.6 Å². The molecular formula is C16H14N2O3. The molecule has 5 nitrogen and oxygen atoms in total. The molecule has 0 aliphatic rings. The molecule has 3 aromatic rings. The van der Waals surface area contributed by atoms with Crippen molar-refractivity contribution in [2.75, 3.05) is 12.8 Å². The van der Waals surface area contributed by atoms with Crippen LogP contribution in [0.1, 0.15) is 10.4 Å². The number of ether oxygens (including phenoxy) is 1. The third-order valence-corrected chi connectivity index (χ3v) is 3.44. The number of carbonyl (C=O) groups is 1. The summed E-state index contributed by atoms with van der Waals surface area (Å²) in [5.74, 6) is -0.205. The van der Waals surface area contributed by atoms with Gasteiger partial charge in [0, 0.05) is 23.3 Å². The van der Waals surface area contributed by atoms with Crippen molar-refractivity contribution in [1.82, 2.24) is 4.57 Å². The topological polar surface area (TPSA) is 77.5 Å². The number of rotatable bonds is 3. The number of anilines is 1. The molecular weight excluding hydrogens is 268 g/mol. The minimum absolute atomic E-state index is 0.251. The van der Waals surface area contributed by atoms with Gasteiger partial charge in [-0.3, -0.25) is 0 Å². The number of aromatic nitrogens is 1. The summed E-state index contributed by atoms with van der Waals surface area (Å²) < 4.78 is 7.16. The molecule has 1 heterocycles. The van der Waals surface area contributed by atoms with Crippen LogP contribution in [0.3, 0.4) is 0 Å². The van der Waals surface area contributed by atoms with E-state index < -0.39 is 5.97 Å². The van der Waals surface area contributed by atoms with Gasteiger partial charge in [0.15, 0.2) is 0 Å². The van der Waals surface area contributed by atoms with Gasteiger partial charge < -0.3 is 20.1 Å². The fourth-order valence-corrected chi connectivity index (χ4v) is 2.34. The van der Waals surface area contributed by atoms with Crippen LogP contribution in [0.4, 0.5) is 5.69 Å². The lowest BCUT2D eigenvalue weighted by Crippen LogP contribution is -1.97. The average molecular weight is 282 g/mol. The van der Waals surface area contributed by atoms with Gasteiger partial charge in [-0.25, -0.2) is 4.79 Å². The van der Waals surface area contributed by atoms with Gasteiger partial charge in [-0.2, -0.15) is 0 Å². The van der Waals surface area contributed by atoms with Crippen LogP contribution in [0, 0.1) is 0 Å². The van der Waals surface area contributed by atoms with Gasteiger partial charge in [0.05, 0.1) is 23.9 Å². The monoisotopic (exact) mass is 282 g/mol. The van der Waals surface area contributed by atoms with Crippen molar-refractivity contribution in [3.8, 4) is 11.4 Å². The molecule has 0 saturated heterocycles. The van der Waals surface area contributed by atoms with Crippen LogP contribution in [0.2, 0.25) is 0 Å². The molecule has 0 unspecified atom stereocenters. The standard InChI is InChI=1S/C16H14N2O3/c1-21-12-6-7-13-14(17)9-18(15(13)8-12)11-4-2-10(3-5-11)16(19)20/h2-9H,17H2,1H3,(H,19,20). The summed E-state index contributed by atoms with van der Waals surface area (Å²) in [5, 5.41) is 9.88. The third-order valence-electron chi connectivity index (χ3n) is 3.44. The van der Waals surface area contributed by atoms with Crippen molar-refractivity contribution in [3.63, 3.8) is 0 Å². The third kappa shape index (κ3) is 2.18. The van der Waals surface area contributed by atoms with Crippen molar-refractivity contribution in [3.05, 3.63) is 54.2 Å². The number of aromatic carboxylic acids is 1. The summed E-state index contributed by atoms with van der Waals surface area (Å²) in [6, 6.07) is 12.3. The second kappa shape index (κ2) is 4.86. The molecule has 1 aromatic heterocycles. The van der Waals surface area contributed by atoms with Crippen molar-refractivity contribution in [2.45, 2.75) is 0 Å². The Morgan fingerprint density at radius 1 is 1.19 bits per heavy atom. The Hall–Kier alpha value is -2.95. The molecule has 0 spiro atoms. The molecule has 0 aliphatic heterocycles. The summed E-state index contributed by atoms with van der Waals surface area (Å²) in [6.45, 7) is 0. The summed E-state index contributed by atoms with van der Waals surface area (Å²) in [5.41, 5.74) is 8.70. The first-order valence-electron chi connectivity index (χ1n) is 6.38. The van der Waals surface area contributed by atoms with E-state index in [2.05, 4.69) is 0 Å². The molecule has 0 fully saturated rings. The number of fused-ring (bicyclic) bond motifs is 1. The molecule has 3 N–H and O–H groups in total. The summed E-state index contributed by atoms with van der Waals surface area (Å²) >= 11 is 0. The zero-order valence-electron chi connectivity index (χ0n) is 11.4. The normalized spacial score (nSPS) is 10.7. The number of benzene rings is 2. The Morgan fingerprint density at radius 2 is 1.90 bits per heavy atom. The first-order valence-corrected chi connectivity index (χ1v) is 6.38. The smallest absolute Gasteiger partial charge is 0.335 e. The molecule has 0 saturated carbocycles. The van der Waals surface area contributed by atoms with Gasteiger partial charge in [0.2, 0.25) is 0 Å². The number of nitrogens with two attached hydrogens (primary N) is 1. The fraction of sp³-hybridized carbons (Fsp3) is 0.0625. The number of hydrogen-bond donors (Lipinski definition) is 2. The highest BCUT2D eigenvalue weighted by molar-refractivity contribution is 5.94. The Kier molecular flexibility index (Phi) is 3.02. The lowest BCUT2D eigenvalue weighted by atomic mass is 10.2. The maximum absolute atomic E-state index is 10.9. The predicted octanol–water partition coefficient (Wildman–Crippen LogP) is 2.92. The van der Waals surface area contributed by atoms with Crippen molar-refractivity contribution < 1.29 is 14.6 Å². The van der Waals surface area contributed by atoms with E-state index in [0.29, 0.717) is 5.69 Å². The zero-order valence-corrected chi connectivity index (χ0v) is 11.4. The minimum atomic E-state index is -0.944. The van der Waals surface area contributed by atoms with Crippen molar-refractivity contribution >= 4 is 22.6 Å². The Balaban J connectivity index is 2.17. The molecule has 0 atom stereocenters. The number of carboxylic acids is 1. The molecule has 106 valence electrons. The van der Waals surface area contributed by atoms with Crippen molar-refractivity contribution in [1.29, 1.82) is 0 Å². The van der Waals surface area contributed by atoms with Crippen molar-refractivity contribution in [2.24, 2.45) is 0 Å². The highest BCUT2D eigenvalue weighted by Crippen LogP contribution is 2.29. The van der Waals surface area contributed by atoms with E-state index in [1.807, 2.05) is 29.0 Å². The first kappa shape index (κ1) is 13.1. The first-order chi connectivity index (χ1) is 10.1. The average Bonchev–Trinajstić information content (AvgIpc) is 2.84. The number of hydrogen-bond acceptors (Lipinski definition) is 3. The molecule has 0 bridgehead atoms. The largest absolute Gasteiger partial charge is 0.497 e. The van der Waals surface area contributed by atoms with E-state index in [-0.39, 0.29) is 5.56 Å². The summed E-state index contributed by atoms with van der Waals surface area (Å²) in [7, 11) is 1.61. The quantitative estimate of drug-likeness (QED) is 0.774. The molecule has 21 heavy (non-hydrogen) atoms. The van der Waals surface area contributed by atoms with Gasteiger partial charge in [-0.15, -0.1) is 0 Å². The van der Waals surface area contributed by atoms with Gasteiger partial charge in [-0.05, 0) is 36.4 Å². The van der Waals surface area contributed by atoms with Crippen LogP contribution in [0.25, 0.3) is 16.6 Å². The van der Waals surface area contributed by atoms with Gasteiger partial charge in [0.25, 0.3) is 0 Å². The molecule has 0 amide bonds. The van der Waals surface area contributed by atoms with E-state index in [0.717, 1.165) is 22.3 Å². The lowest BCUT2D eigenvalue weighted by Gasteiger charge is -2.07. The maximum atomic E-state index is 10.9. The number of nitrogen functional groups attached to an aromatic ring is 1. The van der Waals surface area contributed by atoms with Gasteiger partial charge >= 0.3 is 5.97 Å². The van der Waals surface area contributed by atoms with Crippen LogP contribution >= 0.6 is 0 Å². The van der Waals surface area contributed by atoms with E-state index in [1.54, 1.807) is 31.4 Å². The molecule has 3 rings (SSSR count). The van der Waals surface area contributed by atoms with E-state index >= 15 is 0 Å². The summed E-state index contributed by atoms with van der Waals surface area (Å²) in [4.78, 5) is 10.9. The number of nitrogens with zero attached hydrogens (tertiary/aromatic N) is 1. The number of carboxylic acid groups (broad SMARTS) is 1.